The Morgan fingerprint density at radius 3 is 2.56 bits per heavy atom. The van der Waals surface area contributed by atoms with Gasteiger partial charge >= 0.3 is 5.97 Å². The van der Waals surface area contributed by atoms with Crippen LogP contribution in [0.25, 0.3) is 0 Å². The molecule has 1 atom stereocenters. The molecule has 1 unspecified atom stereocenters. The maximum absolute atomic E-state index is 11.0. The van der Waals surface area contributed by atoms with Crippen molar-refractivity contribution in [2.45, 2.75) is 19.8 Å². The molecule has 0 aromatic heterocycles. The Bertz CT molecular complexity index is 365. The summed E-state index contributed by atoms with van der Waals surface area (Å²) in [6, 6.07) is 0. The number of sulfone groups is 1. The van der Waals surface area contributed by atoms with Gasteiger partial charge in [0.1, 0.15) is 9.84 Å². The lowest BCUT2D eigenvalue weighted by Gasteiger charge is -2.19. The highest BCUT2D eigenvalue weighted by Crippen LogP contribution is 2.29. The smallest absolute Gasteiger partial charge is 0.310 e. The number of rotatable bonds is 5. The summed E-state index contributed by atoms with van der Waals surface area (Å²) >= 11 is 0. The molecule has 1 aliphatic heterocycles. The third-order valence-corrected chi connectivity index (χ3v) is 4.09. The van der Waals surface area contributed by atoms with E-state index in [1.807, 2.05) is 4.90 Å². The van der Waals surface area contributed by atoms with E-state index in [9.17, 15) is 13.2 Å². The molecule has 1 rings (SSSR count). The molecule has 6 heteroatoms. The maximum atomic E-state index is 11.0. The van der Waals surface area contributed by atoms with Gasteiger partial charge in [-0.2, -0.15) is 0 Å². The fourth-order valence-corrected chi connectivity index (χ4v) is 2.63. The third-order valence-electron chi connectivity index (χ3n) is 3.06. The molecule has 1 heterocycles. The van der Waals surface area contributed by atoms with E-state index in [0.717, 1.165) is 6.54 Å². The Hall–Kier alpha value is -0.620. The maximum Gasteiger partial charge on any atom is 0.310 e. The summed E-state index contributed by atoms with van der Waals surface area (Å²) in [5.74, 6) is -0.592. The van der Waals surface area contributed by atoms with E-state index in [2.05, 4.69) is 0 Å². The topological polar surface area (TPSA) is 74.7 Å². The molecule has 94 valence electrons. The zero-order valence-corrected chi connectivity index (χ0v) is 10.6. The zero-order valence-electron chi connectivity index (χ0n) is 9.77. The first-order chi connectivity index (χ1) is 7.23. The number of nitrogens with zero attached hydrogens (tertiary/aromatic N) is 1. The molecule has 0 bridgehead atoms. The second-order valence-electron chi connectivity index (χ2n) is 4.88. The highest BCUT2D eigenvalue weighted by molar-refractivity contribution is 7.90. The Morgan fingerprint density at radius 2 is 2.12 bits per heavy atom. The molecule has 1 fully saturated rings. The number of carbonyl (C=O) groups is 1. The molecule has 1 saturated heterocycles. The summed E-state index contributed by atoms with van der Waals surface area (Å²) in [6.07, 6.45) is 2.44. The number of carboxylic acids is 1. The highest BCUT2D eigenvalue weighted by atomic mass is 32.2. The van der Waals surface area contributed by atoms with Gasteiger partial charge in [-0.05, 0) is 32.9 Å². The molecule has 0 aromatic rings. The van der Waals surface area contributed by atoms with Crippen LogP contribution in [0.1, 0.15) is 19.8 Å². The number of hydrogen-bond donors (Lipinski definition) is 1. The minimum atomic E-state index is -2.90. The first-order valence-corrected chi connectivity index (χ1v) is 7.42. The summed E-state index contributed by atoms with van der Waals surface area (Å²) in [5.41, 5.74) is -0.662. The SMILES string of the molecule is CC1(C(=O)O)CCN(CCCS(C)(=O)=O)C1. The van der Waals surface area contributed by atoms with Crippen molar-refractivity contribution in [2.75, 3.05) is 31.6 Å². The van der Waals surface area contributed by atoms with Crippen molar-refractivity contribution in [3.05, 3.63) is 0 Å². The lowest BCUT2D eigenvalue weighted by atomic mass is 9.90. The Labute approximate surface area is 96.4 Å². The minimum Gasteiger partial charge on any atom is -0.481 e. The largest absolute Gasteiger partial charge is 0.481 e. The molecular formula is C10H19NO4S. The van der Waals surface area contributed by atoms with E-state index in [4.69, 9.17) is 5.11 Å². The quantitative estimate of drug-likeness (QED) is 0.754. The van der Waals surface area contributed by atoms with Crippen LogP contribution in [0.3, 0.4) is 0 Å². The molecular weight excluding hydrogens is 230 g/mol. The Balaban J connectivity index is 2.35. The molecule has 0 radical (unpaired) electrons. The van der Waals surface area contributed by atoms with E-state index in [-0.39, 0.29) is 5.75 Å². The molecule has 5 nitrogen and oxygen atoms in total. The lowest BCUT2D eigenvalue weighted by molar-refractivity contribution is -0.147. The number of likely N-dealkylation sites (tertiary alicyclic amines) is 1. The predicted octanol–water partition coefficient (Wildman–Crippen LogP) is 0.218. The molecule has 16 heavy (non-hydrogen) atoms. The number of hydrogen-bond acceptors (Lipinski definition) is 4. The molecule has 1 N–H and O–H groups in total. The first kappa shape index (κ1) is 13.4. The molecule has 0 spiro atoms. The summed E-state index contributed by atoms with van der Waals surface area (Å²) < 4.78 is 21.9. The van der Waals surface area contributed by atoms with E-state index < -0.39 is 21.2 Å². The van der Waals surface area contributed by atoms with E-state index >= 15 is 0 Å². The average molecular weight is 249 g/mol. The van der Waals surface area contributed by atoms with Crippen molar-refractivity contribution >= 4 is 15.8 Å². The summed E-state index contributed by atoms with van der Waals surface area (Å²) in [7, 11) is -2.90. The van der Waals surface area contributed by atoms with Crippen LogP contribution in [0.15, 0.2) is 0 Å². The van der Waals surface area contributed by atoms with Crippen LogP contribution < -0.4 is 0 Å². The molecule has 1 aliphatic rings. The normalized spacial score (nSPS) is 27.1. The first-order valence-electron chi connectivity index (χ1n) is 5.36. The van der Waals surface area contributed by atoms with Gasteiger partial charge in [0.25, 0.3) is 0 Å². The van der Waals surface area contributed by atoms with Crippen molar-refractivity contribution < 1.29 is 18.3 Å². The van der Waals surface area contributed by atoms with Gasteiger partial charge in [0, 0.05) is 12.8 Å². The fraction of sp³-hybridized carbons (Fsp3) is 0.900. The van der Waals surface area contributed by atoms with Gasteiger partial charge in [0.05, 0.1) is 11.2 Å². The van der Waals surface area contributed by atoms with Gasteiger partial charge in [-0.15, -0.1) is 0 Å². The second kappa shape index (κ2) is 4.71. The number of aliphatic carboxylic acids is 1. The van der Waals surface area contributed by atoms with Crippen LogP contribution >= 0.6 is 0 Å². The van der Waals surface area contributed by atoms with Crippen molar-refractivity contribution in [1.29, 1.82) is 0 Å². The monoisotopic (exact) mass is 249 g/mol. The second-order valence-corrected chi connectivity index (χ2v) is 7.14. The molecule has 0 saturated carbocycles. The van der Waals surface area contributed by atoms with Crippen molar-refractivity contribution in [1.82, 2.24) is 4.90 Å². The Kier molecular flexibility index (Phi) is 3.96. The van der Waals surface area contributed by atoms with Gasteiger partial charge in [-0.1, -0.05) is 0 Å². The van der Waals surface area contributed by atoms with Crippen LogP contribution in [0.4, 0.5) is 0 Å². The Morgan fingerprint density at radius 1 is 1.50 bits per heavy atom. The van der Waals surface area contributed by atoms with Gasteiger partial charge < -0.3 is 10.0 Å². The lowest BCUT2D eigenvalue weighted by Crippen LogP contribution is -2.32. The van der Waals surface area contributed by atoms with Crippen LogP contribution in [-0.4, -0.2) is 56.0 Å². The van der Waals surface area contributed by atoms with Gasteiger partial charge in [-0.25, -0.2) is 8.42 Å². The van der Waals surface area contributed by atoms with Crippen LogP contribution in [0.5, 0.6) is 0 Å². The van der Waals surface area contributed by atoms with E-state index in [1.54, 1.807) is 6.92 Å². The average Bonchev–Trinajstić information content (AvgIpc) is 2.47. The number of carboxylic acid groups (broad SMARTS) is 1. The van der Waals surface area contributed by atoms with Gasteiger partial charge in [0.2, 0.25) is 0 Å². The van der Waals surface area contributed by atoms with Crippen molar-refractivity contribution in [3.8, 4) is 0 Å². The van der Waals surface area contributed by atoms with Crippen LogP contribution in [-0.2, 0) is 14.6 Å². The zero-order chi connectivity index (χ0) is 12.4. The van der Waals surface area contributed by atoms with Gasteiger partial charge in [-0.3, -0.25) is 4.79 Å². The van der Waals surface area contributed by atoms with Gasteiger partial charge in [0.15, 0.2) is 0 Å². The molecule has 0 amide bonds. The van der Waals surface area contributed by atoms with Crippen molar-refractivity contribution in [3.63, 3.8) is 0 Å². The van der Waals surface area contributed by atoms with E-state index in [1.165, 1.54) is 6.26 Å². The van der Waals surface area contributed by atoms with E-state index in [0.29, 0.717) is 25.9 Å². The molecule has 0 aromatic carbocycles. The highest BCUT2D eigenvalue weighted by Gasteiger charge is 2.39. The van der Waals surface area contributed by atoms with Crippen molar-refractivity contribution in [2.24, 2.45) is 5.41 Å². The molecule has 0 aliphatic carbocycles. The minimum absolute atomic E-state index is 0.174. The van der Waals surface area contributed by atoms with Crippen LogP contribution in [0, 0.1) is 5.41 Å². The standard InChI is InChI=1S/C10H19NO4S/c1-10(9(12)13)4-6-11(8-10)5-3-7-16(2,14)15/h3-8H2,1-2H3,(H,12,13). The third kappa shape index (κ3) is 3.75. The summed E-state index contributed by atoms with van der Waals surface area (Å²) in [6.45, 7) is 3.67. The predicted molar refractivity (Wildman–Crippen MR) is 61.1 cm³/mol. The summed E-state index contributed by atoms with van der Waals surface area (Å²) in [5, 5.41) is 9.02. The fourth-order valence-electron chi connectivity index (χ4n) is 1.97. The summed E-state index contributed by atoms with van der Waals surface area (Å²) in [4.78, 5) is 13.0. The van der Waals surface area contributed by atoms with Crippen LogP contribution in [0.2, 0.25) is 0 Å².